The molecule has 0 atom stereocenters. The lowest BCUT2D eigenvalue weighted by molar-refractivity contribution is -0.113. The fraction of sp³-hybridized carbons (Fsp3) is 0.643. The van der Waals surface area contributed by atoms with Crippen LogP contribution in [0.15, 0.2) is 11.3 Å². The Morgan fingerprint density at radius 1 is 1.40 bits per heavy atom. The van der Waals surface area contributed by atoms with Crippen LogP contribution in [0.5, 0.6) is 0 Å². The van der Waals surface area contributed by atoms with Crippen LogP contribution < -0.4 is 5.32 Å². The van der Waals surface area contributed by atoms with Crippen LogP contribution in [0.25, 0.3) is 0 Å². The van der Waals surface area contributed by atoms with Crippen molar-refractivity contribution in [3.8, 4) is 0 Å². The van der Waals surface area contributed by atoms with Gasteiger partial charge in [0, 0.05) is 5.92 Å². The smallest absolute Gasteiger partial charge is 0.256 e. The highest BCUT2D eigenvalue weighted by Crippen LogP contribution is 2.28. The third-order valence-electron chi connectivity index (χ3n) is 3.58. The number of aromatic nitrogens is 2. The molecular weight excluding hydrogens is 274 g/mol. The summed E-state index contributed by atoms with van der Waals surface area (Å²) < 4.78 is 5.41. The van der Waals surface area contributed by atoms with Crippen LogP contribution in [-0.2, 0) is 9.53 Å². The van der Waals surface area contributed by atoms with Crippen molar-refractivity contribution >= 4 is 22.4 Å². The van der Waals surface area contributed by atoms with E-state index in [1.807, 2.05) is 6.92 Å². The van der Waals surface area contributed by atoms with Crippen LogP contribution in [0.4, 0.5) is 5.13 Å². The average Bonchev–Trinajstić information content (AvgIpc) is 2.89. The van der Waals surface area contributed by atoms with Crippen molar-refractivity contribution in [2.24, 2.45) is 0 Å². The van der Waals surface area contributed by atoms with E-state index in [9.17, 15) is 4.79 Å². The van der Waals surface area contributed by atoms with E-state index in [1.54, 1.807) is 0 Å². The van der Waals surface area contributed by atoms with Crippen LogP contribution in [0.1, 0.15) is 57.4 Å². The molecule has 5 nitrogen and oxygen atoms in total. The molecule has 2 heterocycles. The van der Waals surface area contributed by atoms with E-state index in [-0.39, 0.29) is 5.91 Å². The second-order valence-electron chi connectivity index (χ2n) is 4.90. The molecule has 1 aromatic heterocycles. The quantitative estimate of drug-likeness (QED) is 0.903. The zero-order chi connectivity index (χ0) is 14.5. The third-order valence-corrected chi connectivity index (χ3v) is 4.59. The van der Waals surface area contributed by atoms with E-state index in [0.29, 0.717) is 17.7 Å². The molecule has 0 saturated carbocycles. The largest absolute Gasteiger partial charge is 0.498 e. The summed E-state index contributed by atoms with van der Waals surface area (Å²) in [5.41, 5.74) is 0.718. The highest BCUT2D eigenvalue weighted by Gasteiger charge is 2.20. The first-order valence-corrected chi connectivity index (χ1v) is 7.94. The second-order valence-corrected chi connectivity index (χ2v) is 5.91. The first-order chi connectivity index (χ1) is 9.65. The summed E-state index contributed by atoms with van der Waals surface area (Å²) in [6.07, 6.45) is 3.72. The van der Waals surface area contributed by atoms with Crippen molar-refractivity contribution in [2.75, 3.05) is 11.9 Å². The van der Waals surface area contributed by atoms with Crippen molar-refractivity contribution < 1.29 is 9.53 Å². The fourth-order valence-corrected chi connectivity index (χ4v) is 3.28. The van der Waals surface area contributed by atoms with E-state index in [0.717, 1.165) is 42.0 Å². The van der Waals surface area contributed by atoms with E-state index < -0.39 is 0 Å². The zero-order valence-electron chi connectivity index (χ0n) is 12.2. The molecule has 0 unspecified atom stereocenters. The number of nitrogens with zero attached hydrogens (tertiary/aromatic N) is 2. The van der Waals surface area contributed by atoms with Crippen molar-refractivity contribution in [3.05, 3.63) is 16.3 Å². The Balaban J connectivity index is 2.05. The summed E-state index contributed by atoms with van der Waals surface area (Å²) in [6, 6.07) is 0. The average molecular weight is 295 g/mol. The van der Waals surface area contributed by atoms with E-state index in [1.165, 1.54) is 11.3 Å². The Morgan fingerprint density at radius 3 is 2.80 bits per heavy atom. The number of hydrogen-bond donors (Lipinski definition) is 1. The SMILES string of the molecule is CCC(CC)c1nnc(NC(=O)C2=C(C)OCCC2)s1. The second kappa shape index (κ2) is 6.83. The summed E-state index contributed by atoms with van der Waals surface area (Å²) in [7, 11) is 0. The Labute approximate surface area is 123 Å². The van der Waals surface area contributed by atoms with Gasteiger partial charge in [-0.1, -0.05) is 25.2 Å². The van der Waals surface area contributed by atoms with E-state index in [4.69, 9.17) is 4.74 Å². The molecule has 0 radical (unpaired) electrons. The highest BCUT2D eigenvalue weighted by atomic mass is 32.1. The first-order valence-electron chi connectivity index (χ1n) is 7.13. The van der Waals surface area contributed by atoms with Crippen molar-refractivity contribution in [1.82, 2.24) is 10.2 Å². The van der Waals surface area contributed by atoms with Crippen molar-refractivity contribution in [2.45, 2.75) is 52.4 Å². The molecule has 1 amide bonds. The van der Waals surface area contributed by atoms with Gasteiger partial charge < -0.3 is 4.74 Å². The van der Waals surface area contributed by atoms with Gasteiger partial charge in [0.1, 0.15) is 10.8 Å². The van der Waals surface area contributed by atoms with E-state index >= 15 is 0 Å². The Morgan fingerprint density at radius 2 is 2.15 bits per heavy atom. The number of nitrogens with one attached hydrogen (secondary N) is 1. The predicted molar refractivity (Wildman–Crippen MR) is 79.7 cm³/mol. The van der Waals surface area contributed by atoms with Gasteiger partial charge >= 0.3 is 0 Å². The topological polar surface area (TPSA) is 64.1 Å². The van der Waals surface area contributed by atoms with Crippen molar-refractivity contribution in [3.63, 3.8) is 0 Å². The molecule has 1 N–H and O–H groups in total. The molecule has 0 bridgehead atoms. The molecule has 1 aliphatic rings. The predicted octanol–water partition coefficient (Wildman–Crippen LogP) is 3.46. The van der Waals surface area contributed by atoms with Gasteiger partial charge in [-0.15, -0.1) is 10.2 Å². The molecule has 0 aromatic carbocycles. The lowest BCUT2D eigenvalue weighted by Crippen LogP contribution is -2.19. The summed E-state index contributed by atoms with van der Waals surface area (Å²) in [6.45, 7) is 6.81. The molecule has 110 valence electrons. The van der Waals surface area contributed by atoms with Crippen LogP contribution in [0.2, 0.25) is 0 Å². The van der Waals surface area contributed by atoms with Crippen LogP contribution in [0, 0.1) is 0 Å². The number of rotatable bonds is 5. The number of allylic oxidation sites excluding steroid dienone is 1. The molecule has 1 aliphatic heterocycles. The van der Waals surface area contributed by atoms with Crippen molar-refractivity contribution in [1.29, 1.82) is 0 Å². The minimum atomic E-state index is -0.116. The molecule has 20 heavy (non-hydrogen) atoms. The van der Waals surface area contributed by atoms with Gasteiger partial charge in [0.25, 0.3) is 5.91 Å². The molecule has 0 fully saturated rings. The lowest BCUT2D eigenvalue weighted by Gasteiger charge is -2.17. The molecule has 0 aliphatic carbocycles. The maximum atomic E-state index is 12.2. The zero-order valence-corrected chi connectivity index (χ0v) is 13.0. The summed E-state index contributed by atoms with van der Waals surface area (Å²) in [5, 5.41) is 12.6. The maximum absolute atomic E-state index is 12.2. The highest BCUT2D eigenvalue weighted by molar-refractivity contribution is 7.15. The minimum absolute atomic E-state index is 0.116. The van der Waals surface area contributed by atoms with Crippen LogP contribution >= 0.6 is 11.3 Å². The van der Waals surface area contributed by atoms with Gasteiger partial charge in [-0.25, -0.2) is 0 Å². The standard InChI is InChI=1S/C14H21N3O2S/c1-4-10(5-2)13-16-17-14(20-13)15-12(18)11-7-6-8-19-9(11)3/h10H,4-8H2,1-3H3,(H,15,17,18). The Bertz CT molecular complexity index is 506. The molecule has 2 rings (SSSR count). The normalized spacial score (nSPS) is 15.4. The van der Waals surface area contributed by atoms with E-state index in [2.05, 4.69) is 29.4 Å². The van der Waals surface area contributed by atoms with Gasteiger partial charge in [-0.2, -0.15) is 0 Å². The molecule has 1 aromatic rings. The summed E-state index contributed by atoms with van der Waals surface area (Å²) in [5.74, 6) is 1.03. The minimum Gasteiger partial charge on any atom is -0.498 e. The molecular formula is C14H21N3O2S. The van der Waals surface area contributed by atoms with Gasteiger partial charge in [0.2, 0.25) is 5.13 Å². The number of carbonyl (C=O) groups is 1. The van der Waals surface area contributed by atoms with Crippen LogP contribution in [-0.4, -0.2) is 22.7 Å². The summed E-state index contributed by atoms with van der Waals surface area (Å²) in [4.78, 5) is 12.2. The number of ether oxygens (including phenoxy) is 1. The number of anilines is 1. The molecule has 0 saturated heterocycles. The monoisotopic (exact) mass is 295 g/mol. The van der Waals surface area contributed by atoms with Gasteiger partial charge in [0.05, 0.1) is 12.2 Å². The number of amides is 1. The number of carbonyl (C=O) groups excluding carboxylic acids is 1. The van der Waals surface area contributed by atoms with Gasteiger partial charge in [-0.3, -0.25) is 10.1 Å². The van der Waals surface area contributed by atoms with Gasteiger partial charge in [-0.05, 0) is 32.6 Å². The Kier molecular flexibility index (Phi) is 5.11. The fourth-order valence-electron chi connectivity index (χ4n) is 2.27. The van der Waals surface area contributed by atoms with Gasteiger partial charge in [0.15, 0.2) is 0 Å². The summed E-state index contributed by atoms with van der Waals surface area (Å²) >= 11 is 1.47. The Hall–Kier alpha value is -1.43. The lowest BCUT2D eigenvalue weighted by atomic mass is 10.1. The van der Waals surface area contributed by atoms with Crippen LogP contribution in [0.3, 0.4) is 0 Å². The number of hydrogen-bond acceptors (Lipinski definition) is 5. The first kappa shape index (κ1) is 15.0. The maximum Gasteiger partial charge on any atom is 0.256 e. The molecule has 0 spiro atoms. The third kappa shape index (κ3) is 3.36. The molecule has 6 heteroatoms.